The maximum absolute atomic E-state index is 14.0. The highest BCUT2D eigenvalue weighted by atomic mass is 19.1. The second-order valence-corrected chi connectivity index (χ2v) is 6.27. The third-order valence-corrected chi connectivity index (χ3v) is 4.58. The molecule has 1 saturated heterocycles. The largest absolute Gasteiger partial charge is 0.367 e. The quantitative estimate of drug-likeness (QED) is 0.469. The van der Waals surface area contributed by atoms with Crippen LogP contribution < -0.4 is 4.90 Å². The van der Waals surface area contributed by atoms with Crippen LogP contribution in [0, 0.1) is 15.9 Å². The fourth-order valence-corrected chi connectivity index (χ4v) is 3.18. The van der Waals surface area contributed by atoms with Crippen molar-refractivity contribution in [1.82, 2.24) is 4.90 Å². The zero-order chi connectivity index (χ0) is 19.6. The number of anilines is 1. The number of non-ortho nitro benzene ring substituents is 1. The van der Waals surface area contributed by atoms with E-state index in [-0.39, 0.29) is 22.9 Å². The maximum atomic E-state index is 14.0. The summed E-state index contributed by atoms with van der Waals surface area (Å²) in [5, 5.41) is 10.7. The van der Waals surface area contributed by atoms with Crippen molar-refractivity contribution in [3.8, 4) is 0 Å². The third kappa shape index (κ3) is 3.79. The van der Waals surface area contributed by atoms with Crippen LogP contribution in [-0.4, -0.2) is 47.7 Å². The van der Waals surface area contributed by atoms with Crippen LogP contribution in [0.5, 0.6) is 0 Å². The first-order valence-corrected chi connectivity index (χ1v) is 8.46. The van der Waals surface area contributed by atoms with Crippen LogP contribution in [0.1, 0.15) is 27.6 Å². The van der Waals surface area contributed by atoms with E-state index >= 15 is 0 Å². The van der Waals surface area contributed by atoms with Gasteiger partial charge in [-0.25, -0.2) is 4.39 Å². The fourth-order valence-electron chi connectivity index (χ4n) is 3.18. The number of carbonyl (C=O) groups is 2. The molecule has 1 heterocycles. The lowest BCUT2D eigenvalue weighted by Crippen LogP contribution is -2.49. The van der Waals surface area contributed by atoms with Gasteiger partial charge in [0.05, 0.1) is 16.2 Å². The van der Waals surface area contributed by atoms with Crippen LogP contribution in [0.15, 0.2) is 42.5 Å². The number of hydrogen-bond acceptors (Lipinski definition) is 5. The fraction of sp³-hybridized carbons (Fsp3) is 0.263. The van der Waals surface area contributed by atoms with E-state index in [1.54, 1.807) is 17.0 Å². The Morgan fingerprint density at radius 3 is 2.22 bits per heavy atom. The number of rotatable bonds is 4. The Hall–Kier alpha value is -3.29. The molecular formula is C19H18FN3O4. The first-order chi connectivity index (χ1) is 12.9. The highest BCUT2D eigenvalue weighted by Gasteiger charge is 2.25. The average molecular weight is 371 g/mol. The molecule has 2 aromatic rings. The molecule has 8 heteroatoms. The normalized spacial score (nSPS) is 14.1. The summed E-state index contributed by atoms with van der Waals surface area (Å²) < 4.78 is 14.0. The minimum Gasteiger partial charge on any atom is -0.367 e. The monoisotopic (exact) mass is 371 g/mol. The van der Waals surface area contributed by atoms with Crippen LogP contribution in [0.25, 0.3) is 0 Å². The molecule has 1 aliphatic rings. The van der Waals surface area contributed by atoms with Crippen LogP contribution in [0.2, 0.25) is 0 Å². The third-order valence-electron chi connectivity index (χ3n) is 4.58. The van der Waals surface area contributed by atoms with Crippen molar-refractivity contribution in [3.05, 3.63) is 69.5 Å². The number of carbonyl (C=O) groups excluding carboxylic acids is 2. The van der Waals surface area contributed by atoms with E-state index in [0.29, 0.717) is 37.4 Å². The highest BCUT2D eigenvalue weighted by molar-refractivity contribution is 6.00. The summed E-state index contributed by atoms with van der Waals surface area (Å²) in [6.07, 6.45) is 0. The number of benzene rings is 2. The average Bonchev–Trinajstić information content (AvgIpc) is 2.67. The van der Waals surface area contributed by atoms with Crippen molar-refractivity contribution < 1.29 is 18.9 Å². The molecule has 7 nitrogen and oxygen atoms in total. The van der Waals surface area contributed by atoms with Gasteiger partial charge >= 0.3 is 0 Å². The molecule has 2 aromatic carbocycles. The number of ketones is 1. The zero-order valence-electron chi connectivity index (χ0n) is 14.7. The van der Waals surface area contributed by atoms with Gasteiger partial charge < -0.3 is 9.80 Å². The number of Topliss-reactive ketones (excluding diaryl/α,β-unsaturated/α-hetero) is 1. The van der Waals surface area contributed by atoms with Crippen molar-refractivity contribution in [2.24, 2.45) is 0 Å². The molecule has 3 rings (SSSR count). The molecule has 0 unspecified atom stereocenters. The Morgan fingerprint density at radius 2 is 1.67 bits per heavy atom. The Bertz CT molecular complexity index is 890. The highest BCUT2D eigenvalue weighted by Crippen LogP contribution is 2.25. The van der Waals surface area contributed by atoms with Gasteiger partial charge in [-0.3, -0.25) is 19.7 Å². The van der Waals surface area contributed by atoms with Gasteiger partial charge in [0, 0.05) is 43.9 Å². The van der Waals surface area contributed by atoms with E-state index in [0.717, 1.165) is 0 Å². The SMILES string of the molecule is CC(=O)c1c(F)cccc1N1CCN(C(=O)c2ccc([N+](=O)[O-])cc2)CC1. The molecule has 140 valence electrons. The van der Waals surface area contributed by atoms with Gasteiger partial charge in [-0.1, -0.05) is 6.07 Å². The van der Waals surface area contributed by atoms with Crippen LogP contribution in [0.4, 0.5) is 15.8 Å². The van der Waals surface area contributed by atoms with E-state index in [4.69, 9.17) is 0 Å². The van der Waals surface area contributed by atoms with Gasteiger partial charge in [-0.2, -0.15) is 0 Å². The van der Waals surface area contributed by atoms with Crippen LogP contribution in [0.3, 0.4) is 0 Å². The summed E-state index contributed by atoms with van der Waals surface area (Å²) in [5.74, 6) is -1.10. The van der Waals surface area contributed by atoms with Crippen molar-refractivity contribution in [1.29, 1.82) is 0 Å². The number of hydrogen-bond donors (Lipinski definition) is 0. The van der Waals surface area contributed by atoms with E-state index in [1.807, 2.05) is 4.90 Å². The summed E-state index contributed by atoms with van der Waals surface area (Å²) in [7, 11) is 0. The van der Waals surface area contributed by atoms with Crippen LogP contribution >= 0.6 is 0 Å². The first-order valence-electron chi connectivity index (χ1n) is 8.46. The lowest BCUT2D eigenvalue weighted by Gasteiger charge is -2.36. The Morgan fingerprint density at radius 1 is 1.04 bits per heavy atom. The molecule has 0 bridgehead atoms. The van der Waals surface area contributed by atoms with Crippen molar-refractivity contribution in [2.45, 2.75) is 6.92 Å². The number of nitro groups is 1. The Balaban J connectivity index is 1.70. The van der Waals surface area contributed by atoms with Gasteiger partial charge in [0.15, 0.2) is 5.78 Å². The standard InChI is InChI=1S/C19H18FN3O4/c1-13(24)18-16(20)3-2-4-17(18)21-9-11-22(12-10-21)19(25)14-5-7-15(8-6-14)23(26)27/h2-8H,9-12H2,1H3. The number of nitro benzene ring substituents is 1. The molecule has 0 atom stereocenters. The number of nitrogens with zero attached hydrogens (tertiary/aromatic N) is 3. The van der Waals surface area contributed by atoms with Gasteiger partial charge in [0.25, 0.3) is 11.6 Å². The Labute approximate surface area is 155 Å². The first kappa shape index (κ1) is 18.5. The topological polar surface area (TPSA) is 83.8 Å². The summed E-state index contributed by atoms with van der Waals surface area (Å²) in [5.41, 5.74) is 0.904. The molecule has 1 amide bonds. The predicted octanol–water partition coefficient (Wildman–Crippen LogP) is 2.90. The molecule has 1 fully saturated rings. The van der Waals surface area contributed by atoms with Gasteiger partial charge in [0.1, 0.15) is 5.82 Å². The lowest BCUT2D eigenvalue weighted by atomic mass is 10.1. The van der Waals surface area contributed by atoms with E-state index in [2.05, 4.69) is 0 Å². The molecule has 1 aliphatic heterocycles. The van der Waals surface area contributed by atoms with Crippen molar-refractivity contribution in [2.75, 3.05) is 31.1 Å². The van der Waals surface area contributed by atoms with E-state index in [9.17, 15) is 24.1 Å². The summed E-state index contributed by atoms with van der Waals surface area (Å²) in [6, 6.07) is 10.00. The number of piperazine rings is 1. The van der Waals surface area contributed by atoms with Crippen molar-refractivity contribution in [3.63, 3.8) is 0 Å². The van der Waals surface area contributed by atoms with Gasteiger partial charge in [0.2, 0.25) is 0 Å². The van der Waals surface area contributed by atoms with Crippen molar-refractivity contribution >= 4 is 23.1 Å². The number of halogens is 1. The zero-order valence-corrected chi connectivity index (χ0v) is 14.7. The number of amides is 1. The summed E-state index contributed by atoms with van der Waals surface area (Å²) >= 11 is 0. The Kier molecular flexibility index (Phi) is 5.16. The maximum Gasteiger partial charge on any atom is 0.269 e. The second kappa shape index (κ2) is 7.53. The molecule has 27 heavy (non-hydrogen) atoms. The molecule has 0 spiro atoms. The lowest BCUT2D eigenvalue weighted by molar-refractivity contribution is -0.384. The molecule has 0 radical (unpaired) electrons. The minimum atomic E-state index is -0.551. The van der Waals surface area contributed by atoms with Crippen LogP contribution in [-0.2, 0) is 0 Å². The summed E-state index contributed by atoms with van der Waals surface area (Å²) in [4.78, 5) is 38.1. The molecule has 0 saturated carbocycles. The predicted molar refractivity (Wildman–Crippen MR) is 97.6 cm³/mol. The molecule has 0 aromatic heterocycles. The van der Waals surface area contributed by atoms with E-state index in [1.165, 1.54) is 37.3 Å². The van der Waals surface area contributed by atoms with E-state index < -0.39 is 10.7 Å². The smallest absolute Gasteiger partial charge is 0.269 e. The van der Waals surface area contributed by atoms with Gasteiger partial charge in [-0.05, 0) is 31.2 Å². The summed E-state index contributed by atoms with van der Waals surface area (Å²) in [6.45, 7) is 3.06. The van der Waals surface area contributed by atoms with Gasteiger partial charge in [-0.15, -0.1) is 0 Å². The molecule has 0 aliphatic carbocycles. The molecule has 0 N–H and O–H groups in total. The minimum absolute atomic E-state index is 0.0626. The molecular weight excluding hydrogens is 353 g/mol. The second-order valence-electron chi connectivity index (χ2n) is 6.27.